The fourth-order valence-corrected chi connectivity index (χ4v) is 2.99. The van der Waals surface area contributed by atoms with Crippen LogP contribution in [0, 0.1) is 5.92 Å². The van der Waals surface area contributed by atoms with Crippen LogP contribution in [0.2, 0.25) is 5.02 Å². The number of nitrogens with zero attached hydrogens (tertiary/aromatic N) is 1. The molecule has 1 saturated heterocycles. The van der Waals surface area contributed by atoms with Crippen molar-refractivity contribution in [1.29, 1.82) is 0 Å². The number of hydrogen-bond donors (Lipinski definition) is 1. The summed E-state index contributed by atoms with van der Waals surface area (Å²) in [5.41, 5.74) is 6.23. The van der Waals surface area contributed by atoms with E-state index in [-0.39, 0.29) is 11.9 Å². The van der Waals surface area contributed by atoms with Gasteiger partial charge in [-0.3, -0.25) is 4.79 Å². The Hall–Kier alpha value is -0.580. The van der Waals surface area contributed by atoms with Gasteiger partial charge in [0.05, 0.1) is 10.6 Å². The molecule has 0 aromatic heterocycles. The first-order chi connectivity index (χ1) is 8.54. The zero-order chi connectivity index (χ0) is 13.3. The molecule has 2 unspecified atom stereocenters. The van der Waals surface area contributed by atoms with Gasteiger partial charge in [-0.15, -0.1) is 0 Å². The summed E-state index contributed by atoms with van der Waals surface area (Å²) >= 11 is 9.51. The third-order valence-corrected chi connectivity index (χ3v) is 4.73. The minimum Gasteiger partial charge on any atom is -0.336 e. The molecule has 0 radical (unpaired) electrons. The predicted molar refractivity (Wildman–Crippen MR) is 76.8 cm³/mol. The molecule has 0 bridgehead atoms. The van der Waals surface area contributed by atoms with E-state index in [9.17, 15) is 4.79 Å². The van der Waals surface area contributed by atoms with E-state index in [0.717, 1.165) is 17.4 Å². The monoisotopic (exact) mass is 330 g/mol. The Bertz CT molecular complexity index is 466. The summed E-state index contributed by atoms with van der Waals surface area (Å²) in [5.74, 6) is 0.389. The quantitative estimate of drug-likeness (QED) is 0.905. The van der Waals surface area contributed by atoms with E-state index >= 15 is 0 Å². The van der Waals surface area contributed by atoms with Gasteiger partial charge < -0.3 is 10.6 Å². The standard InChI is InChI=1S/C13H16BrClN2O/c1-8-5-9(6-16)7-17(8)13(18)10-3-2-4-11(14)12(10)15/h2-4,8-9H,5-7,16H2,1H3. The molecule has 1 amide bonds. The van der Waals surface area contributed by atoms with Crippen LogP contribution in [0.1, 0.15) is 23.7 Å². The molecule has 1 aromatic carbocycles. The Morgan fingerprint density at radius 3 is 2.94 bits per heavy atom. The van der Waals surface area contributed by atoms with Gasteiger partial charge in [0.1, 0.15) is 0 Å². The van der Waals surface area contributed by atoms with Crippen molar-refractivity contribution in [3.8, 4) is 0 Å². The maximum absolute atomic E-state index is 12.5. The number of carbonyl (C=O) groups excluding carboxylic acids is 1. The minimum atomic E-state index is -0.00949. The third-order valence-electron chi connectivity index (χ3n) is 3.44. The van der Waals surface area contributed by atoms with Crippen LogP contribution >= 0.6 is 27.5 Å². The molecule has 0 aliphatic carbocycles. The number of nitrogens with two attached hydrogens (primary N) is 1. The van der Waals surface area contributed by atoms with Gasteiger partial charge in [0.25, 0.3) is 5.91 Å². The molecule has 1 aromatic rings. The first kappa shape index (κ1) is 13.8. The maximum atomic E-state index is 12.5. The largest absolute Gasteiger partial charge is 0.336 e. The lowest BCUT2D eigenvalue weighted by atomic mass is 10.1. The van der Waals surface area contributed by atoms with Gasteiger partial charge in [-0.05, 0) is 53.9 Å². The van der Waals surface area contributed by atoms with Crippen LogP contribution in [0.4, 0.5) is 0 Å². The second-order valence-corrected chi connectivity index (χ2v) is 5.98. The molecule has 1 heterocycles. The highest BCUT2D eigenvalue weighted by Crippen LogP contribution is 2.30. The summed E-state index contributed by atoms with van der Waals surface area (Å²) in [6.07, 6.45) is 0.966. The zero-order valence-electron chi connectivity index (χ0n) is 10.2. The van der Waals surface area contributed by atoms with E-state index in [0.29, 0.717) is 23.0 Å². The van der Waals surface area contributed by atoms with Crippen molar-refractivity contribution in [2.75, 3.05) is 13.1 Å². The average molecular weight is 332 g/mol. The Balaban J connectivity index is 2.24. The number of rotatable bonds is 2. The minimum absolute atomic E-state index is 0.00949. The van der Waals surface area contributed by atoms with Gasteiger partial charge in [0.15, 0.2) is 0 Å². The molecule has 1 aliphatic rings. The molecular weight excluding hydrogens is 316 g/mol. The fraction of sp³-hybridized carbons (Fsp3) is 0.462. The highest BCUT2D eigenvalue weighted by Gasteiger charge is 2.32. The predicted octanol–water partition coefficient (Wildman–Crippen LogP) is 2.91. The van der Waals surface area contributed by atoms with Crippen molar-refractivity contribution in [1.82, 2.24) is 4.90 Å². The summed E-state index contributed by atoms with van der Waals surface area (Å²) < 4.78 is 0.747. The van der Waals surface area contributed by atoms with Crippen molar-refractivity contribution in [3.05, 3.63) is 33.3 Å². The van der Waals surface area contributed by atoms with Gasteiger partial charge in [-0.25, -0.2) is 0 Å². The van der Waals surface area contributed by atoms with Gasteiger partial charge in [0, 0.05) is 17.1 Å². The normalized spacial score (nSPS) is 23.4. The van der Waals surface area contributed by atoms with Crippen LogP contribution < -0.4 is 5.73 Å². The van der Waals surface area contributed by atoms with Crippen LogP contribution in [0.25, 0.3) is 0 Å². The van der Waals surface area contributed by atoms with E-state index in [4.69, 9.17) is 17.3 Å². The van der Waals surface area contributed by atoms with Crippen molar-refractivity contribution < 1.29 is 4.79 Å². The lowest BCUT2D eigenvalue weighted by Crippen LogP contribution is -2.34. The lowest BCUT2D eigenvalue weighted by Gasteiger charge is -2.22. The van der Waals surface area contributed by atoms with Crippen molar-refractivity contribution >= 4 is 33.4 Å². The van der Waals surface area contributed by atoms with E-state index < -0.39 is 0 Å². The van der Waals surface area contributed by atoms with Crippen molar-refractivity contribution in [2.45, 2.75) is 19.4 Å². The highest BCUT2D eigenvalue weighted by atomic mass is 79.9. The van der Waals surface area contributed by atoms with Gasteiger partial charge in [-0.1, -0.05) is 17.7 Å². The smallest absolute Gasteiger partial charge is 0.255 e. The first-order valence-corrected chi connectivity index (χ1v) is 7.16. The van der Waals surface area contributed by atoms with Crippen LogP contribution in [-0.2, 0) is 0 Å². The van der Waals surface area contributed by atoms with E-state index in [1.165, 1.54) is 0 Å². The number of likely N-dealkylation sites (tertiary alicyclic amines) is 1. The molecular formula is C13H16BrClN2O. The Morgan fingerprint density at radius 1 is 1.61 bits per heavy atom. The maximum Gasteiger partial charge on any atom is 0.255 e. The van der Waals surface area contributed by atoms with E-state index in [1.54, 1.807) is 6.07 Å². The Morgan fingerprint density at radius 2 is 2.33 bits per heavy atom. The summed E-state index contributed by atoms with van der Waals surface area (Å²) in [6.45, 7) is 3.40. The van der Waals surface area contributed by atoms with Crippen LogP contribution in [0.15, 0.2) is 22.7 Å². The van der Waals surface area contributed by atoms with Gasteiger partial charge in [-0.2, -0.15) is 0 Å². The molecule has 98 valence electrons. The Kier molecular flexibility index (Phi) is 4.30. The van der Waals surface area contributed by atoms with E-state index in [1.807, 2.05) is 17.0 Å². The number of benzene rings is 1. The molecule has 1 fully saturated rings. The van der Waals surface area contributed by atoms with Gasteiger partial charge >= 0.3 is 0 Å². The number of amides is 1. The SMILES string of the molecule is CC1CC(CN)CN1C(=O)c1cccc(Br)c1Cl. The topological polar surface area (TPSA) is 46.3 Å². The van der Waals surface area contributed by atoms with Crippen LogP contribution in [0.3, 0.4) is 0 Å². The lowest BCUT2D eigenvalue weighted by molar-refractivity contribution is 0.0743. The van der Waals surface area contributed by atoms with E-state index in [2.05, 4.69) is 22.9 Å². The number of carbonyl (C=O) groups is 1. The molecule has 1 aliphatic heterocycles. The highest BCUT2D eigenvalue weighted by molar-refractivity contribution is 9.10. The second-order valence-electron chi connectivity index (χ2n) is 4.75. The molecule has 2 atom stereocenters. The molecule has 18 heavy (non-hydrogen) atoms. The van der Waals surface area contributed by atoms with Crippen LogP contribution in [-0.4, -0.2) is 29.9 Å². The molecule has 0 spiro atoms. The molecule has 2 N–H and O–H groups in total. The molecule has 5 heteroatoms. The van der Waals surface area contributed by atoms with Gasteiger partial charge in [0.2, 0.25) is 0 Å². The first-order valence-electron chi connectivity index (χ1n) is 5.99. The number of hydrogen-bond acceptors (Lipinski definition) is 2. The van der Waals surface area contributed by atoms with Crippen molar-refractivity contribution in [3.63, 3.8) is 0 Å². The summed E-state index contributed by atoms with van der Waals surface area (Å²) in [6, 6.07) is 5.64. The summed E-state index contributed by atoms with van der Waals surface area (Å²) in [7, 11) is 0. The summed E-state index contributed by atoms with van der Waals surface area (Å²) in [4.78, 5) is 14.3. The average Bonchev–Trinajstić information content (AvgIpc) is 2.73. The molecule has 2 rings (SSSR count). The van der Waals surface area contributed by atoms with Crippen LogP contribution in [0.5, 0.6) is 0 Å². The zero-order valence-corrected chi connectivity index (χ0v) is 12.5. The molecule has 0 saturated carbocycles. The second kappa shape index (κ2) is 5.59. The third kappa shape index (κ3) is 2.56. The Labute approximate surface area is 120 Å². The summed E-state index contributed by atoms with van der Waals surface area (Å²) in [5, 5.41) is 0.478. The number of halogens is 2. The molecule has 3 nitrogen and oxygen atoms in total. The van der Waals surface area contributed by atoms with Crippen molar-refractivity contribution in [2.24, 2.45) is 11.7 Å². The fourth-order valence-electron chi connectivity index (χ4n) is 2.42.